The van der Waals surface area contributed by atoms with E-state index in [2.05, 4.69) is 157 Å². The predicted octanol–water partition coefficient (Wildman–Crippen LogP) is 12.8. The van der Waals surface area contributed by atoms with E-state index in [1.807, 2.05) is 23.5 Å². The second-order valence-electron chi connectivity index (χ2n) is 11.3. The van der Waals surface area contributed by atoms with Crippen molar-refractivity contribution < 1.29 is 4.42 Å². The maximum Gasteiger partial charge on any atom is 0.143 e. The van der Waals surface area contributed by atoms with E-state index >= 15 is 0 Å². The Balaban J connectivity index is 1.26. The highest BCUT2D eigenvalue weighted by Gasteiger charge is 2.21. The van der Waals surface area contributed by atoms with Crippen LogP contribution in [-0.4, -0.2) is 0 Å². The van der Waals surface area contributed by atoms with Crippen LogP contribution in [0.15, 0.2) is 168 Å². The topological polar surface area (TPSA) is 16.4 Å². The molecule has 0 radical (unpaired) electrons. The average Bonchev–Trinajstić information content (AvgIpc) is 3.68. The molecule has 0 saturated heterocycles. The first-order chi connectivity index (χ1) is 22.3. The fraction of sp³-hybridized carbons (Fsp3) is 0. The van der Waals surface area contributed by atoms with Crippen molar-refractivity contribution in [2.75, 3.05) is 4.90 Å². The van der Waals surface area contributed by atoms with Gasteiger partial charge in [-0.2, -0.15) is 0 Å². The van der Waals surface area contributed by atoms with E-state index in [1.54, 1.807) is 0 Å². The van der Waals surface area contributed by atoms with E-state index in [0.717, 1.165) is 44.4 Å². The van der Waals surface area contributed by atoms with Gasteiger partial charge in [0.05, 0.1) is 11.4 Å². The lowest BCUT2D eigenvalue weighted by atomic mass is 9.99. The van der Waals surface area contributed by atoms with Gasteiger partial charge in [0.2, 0.25) is 0 Å². The number of anilines is 3. The molecule has 212 valence electrons. The summed E-state index contributed by atoms with van der Waals surface area (Å²) >= 11 is 1.85. The Morgan fingerprint density at radius 3 is 1.93 bits per heavy atom. The summed E-state index contributed by atoms with van der Waals surface area (Å²) in [6.07, 6.45) is 0. The second-order valence-corrected chi connectivity index (χ2v) is 12.4. The summed E-state index contributed by atoms with van der Waals surface area (Å²) in [6, 6.07) is 58.4. The van der Waals surface area contributed by atoms with Crippen LogP contribution in [-0.2, 0) is 0 Å². The zero-order chi connectivity index (χ0) is 29.7. The van der Waals surface area contributed by atoms with E-state index < -0.39 is 0 Å². The SMILES string of the molecule is c1ccc(-c2ccccc2N(c2ccc(-c3cccc4c3oc3ccccc34)cc2)c2cccc3sc4ccccc4c23)cc1. The Bertz CT molecular complexity index is 2490. The maximum absolute atomic E-state index is 6.39. The van der Waals surface area contributed by atoms with Gasteiger partial charge in [-0.15, -0.1) is 11.3 Å². The van der Waals surface area contributed by atoms with Crippen molar-refractivity contribution in [3.63, 3.8) is 0 Å². The highest BCUT2D eigenvalue weighted by molar-refractivity contribution is 7.26. The van der Waals surface area contributed by atoms with Gasteiger partial charge in [-0.3, -0.25) is 0 Å². The molecule has 2 aromatic heterocycles. The van der Waals surface area contributed by atoms with Gasteiger partial charge < -0.3 is 9.32 Å². The summed E-state index contributed by atoms with van der Waals surface area (Å²) in [5, 5.41) is 4.84. The van der Waals surface area contributed by atoms with Crippen LogP contribution in [0, 0.1) is 0 Å². The van der Waals surface area contributed by atoms with E-state index in [0.29, 0.717) is 0 Å². The Kier molecular flexibility index (Phi) is 6.03. The number of hydrogen-bond acceptors (Lipinski definition) is 3. The molecule has 0 fully saturated rings. The lowest BCUT2D eigenvalue weighted by molar-refractivity contribution is 0.670. The highest BCUT2D eigenvalue weighted by atomic mass is 32.1. The van der Waals surface area contributed by atoms with Crippen molar-refractivity contribution >= 4 is 70.5 Å². The maximum atomic E-state index is 6.39. The van der Waals surface area contributed by atoms with Gasteiger partial charge in [0.1, 0.15) is 11.2 Å². The van der Waals surface area contributed by atoms with Gasteiger partial charge >= 0.3 is 0 Å². The zero-order valence-corrected chi connectivity index (χ0v) is 25.2. The van der Waals surface area contributed by atoms with Crippen molar-refractivity contribution in [1.29, 1.82) is 0 Å². The molecule has 0 aliphatic carbocycles. The van der Waals surface area contributed by atoms with Crippen molar-refractivity contribution in [2.45, 2.75) is 0 Å². The lowest BCUT2D eigenvalue weighted by Crippen LogP contribution is -2.11. The quantitative estimate of drug-likeness (QED) is 0.197. The number of para-hydroxylation sites is 3. The normalized spacial score (nSPS) is 11.6. The fourth-order valence-corrected chi connectivity index (χ4v) is 7.77. The summed E-state index contributed by atoms with van der Waals surface area (Å²) in [6.45, 7) is 0. The second kappa shape index (κ2) is 10.5. The van der Waals surface area contributed by atoms with Crippen LogP contribution in [0.5, 0.6) is 0 Å². The van der Waals surface area contributed by atoms with Gasteiger partial charge in [0.25, 0.3) is 0 Å². The van der Waals surface area contributed by atoms with Crippen molar-refractivity contribution in [1.82, 2.24) is 0 Å². The van der Waals surface area contributed by atoms with Crippen molar-refractivity contribution in [3.05, 3.63) is 164 Å². The molecule has 45 heavy (non-hydrogen) atoms. The van der Waals surface area contributed by atoms with Crippen LogP contribution >= 0.6 is 11.3 Å². The molecular formula is C42H27NOS. The monoisotopic (exact) mass is 593 g/mol. The minimum Gasteiger partial charge on any atom is -0.455 e. The third-order valence-electron chi connectivity index (χ3n) is 8.69. The molecule has 0 bridgehead atoms. The molecule has 7 aromatic carbocycles. The number of thiophene rings is 1. The molecule has 0 aliphatic heterocycles. The molecule has 3 heteroatoms. The fourth-order valence-electron chi connectivity index (χ4n) is 6.65. The third kappa shape index (κ3) is 4.24. The van der Waals surface area contributed by atoms with Crippen LogP contribution in [0.2, 0.25) is 0 Å². The van der Waals surface area contributed by atoms with E-state index in [9.17, 15) is 0 Å². The summed E-state index contributed by atoms with van der Waals surface area (Å²) in [4.78, 5) is 2.43. The molecule has 9 aromatic rings. The van der Waals surface area contributed by atoms with Gasteiger partial charge in [0, 0.05) is 47.8 Å². The van der Waals surface area contributed by atoms with Gasteiger partial charge in [-0.25, -0.2) is 0 Å². The first kappa shape index (κ1) is 25.8. The summed E-state index contributed by atoms with van der Waals surface area (Å²) in [5.41, 5.74) is 9.83. The Morgan fingerprint density at radius 2 is 1.04 bits per heavy atom. The molecule has 0 atom stereocenters. The van der Waals surface area contributed by atoms with Crippen LogP contribution in [0.25, 0.3) is 64.4 Å². The Hall–Kier alpha value is -5.64. The van der Waals surface area contributed by atoms with Crippen LogP contribution in [0.4, 0.5) is 17.1 Å². The molecule has 0 spiro atoms. The molecule has 0 amide bonds. The van der Waals surface area contributed by atoms with Gasteiger partial charge in [-0.1, -0.05) is 121 Å². The number of hydrogen-bond donors (Lipinski definition) is 0. The first-order valence-corrected chi connectivity index (χ1v) is 16.0. The standard InChI is InChI=1S/C42H27NOS/c1-2-12-28(13-3-1)31-14-4-7-19-36(31)43(37-20-11-23-40-41(37)35-16-6-9-22-39(35)45-40)30-26-24-29(25-27-30)32-17-10-18-34-33-15-5-8-21-38(33)44-42(32)34/h1-27H. The summed E-state index contributed by atoms with van der Waals surface area (Å²) in [7, 11) is 0. The van der Waals surface area contributed by atoms with Crippen LogP contribution < -0.4 is 4.90 Å². The molecule has 0 N–H and O–H groups in total. The molecular weight excluding hydrogens is 567 g/mol. The van der Waals surface area contributed by atoms with Gasteiger partial charge in [-0.05, 0) is 53.6 Å². The van der Waals surface area contributed by atoms with E-state index in [-0.39, 0.29) is 0 Å². The van der Waals surface area contributed by atoms with Crippen molar-refractivity contribution in [2.24, 2.45) is 0 Å². The Labute approximate surface area is 265 Å². The van der Waals surface area contributed by atoms with E-state index in [1.165, 1.54) is 37.0 Å². The molecule has 9 rings (SSSR count). The first-order valence-electron chi connectivity index (χ1n) is 15.2. The number of nitrogens with zero attached hydrogens (tertiary/aromatic N) is 1. The minimum atomic E-state index is 0.913. The Morgan fingerprint density at radius 1 is 0.422 bits per heavy atom. The predicted molar refractivity (Wildman–Crippen MR) is 192 cm³/mol. The van der Waals surface area contributed by atoms with Gasteiger partial charge in [0.15, 0.2) is 0 Å². The number of fused-ring (bicyclic) bond motifs is 6. The summed E-state index contributed by atoms with van der Waals surface area (Å²) < 4.78 is 8.97. The molecule has 2 heterocycles. The zero-order valence-electron chi connectivity index (χ0n) is 24.4. The van der Waals surface area contributed by atoms with Crippen molar-refractivity contribution in [3.8, 4) is 22.3 Å². The highest BCUT2D eigenvalue weighted by Crippen LogP contribution is 2.47. The lowest BCUT2D eigenvalue weighted by Gasteiger charge is -2.29. The molecule has 0 unspecified atom stereocenters. The van der Waals surface area contributed by atoms with Crippen LogP contribution in [0.3, 0.4) is 0 Å². The largest absolute Gasteiger partial charge is 0.455 e. The van der Waals surface area contributed by atoms with Crippen LogP contribution in [0.1, 0.15) is 0 Å². The molecule has 0 aliphatic rings. The minimum absolute atomic E-state index is 0.913. The number of rotatable bonds is 5. The average molecular weight is 594 g/mol. The molecule has 0 saturated carbocycles. The third-order valence-corrected chi connectivity index (χ3v) is 9.83. The summed E-state index contributed by atoms with van der Waals surface area (Å²) in [5.74, 6) is 0. The number of benzene rings is 7. The smallest absolute Gasteiger partial charge is 0.143 e. The molecule has 2 nitrogen and oxygen atoms in total. The number of furan rings is 1. The van der Waals surface area contributed by atoms with E-state index in [4.69, 9.17) is 4.42 Å².